The fraction of sp³-hybridized carbons (Fsp3) is 0.0769. The van der Waals surface area contributed by atoms with Crippen LogP contribution in [0.2, 0.25) is 0 Å². The summed E-state index contributed by atoms with van der Waals surface area (Å²) >= 11 is 2.95. The molecule has 0 aliphatic heterocycles. The predicted molar refractivity (Wildman–Crippen MR) is 66.7 cm³/mol. The van der Waals surface area contributed by atoms with Crippen LogP contribution in [0.4, 0.5) is 0 Å². The number of aromatic nitrogens is 1. The zero-order valence-electron chi connectivity index (χ0n) is 8.71. The number of nitrogens with zero attached hydrogens (tertiary/aromatic N) is 2. The summed E-state index contributed by atoms with van der Waals surface area (Å²) in [6.07, 6.45) is 1.77. The Bertz CT molecular complexity index is 466. The van der Waals surface area contributed by atoms with Crippen molar-refractivity contribution in [2.45, 2.75) is 6.54 Å². The average Bonchev–Trinajstić information content (AvgIpc) is 2.38. The third kappa shape index (κ3) is 3.02. The first kappa shape index (κ1) is 11.1. The van der Waals surface area contributed by atoms with Crippen LogP contribution in [0.25, 0.3) is 0 Å². The van der Waals surface area contributed by atoms with E-state index in [9.17, 15) is 0 Å². The number of aliphatic imine (C=N–C) groups is 1. The first-order valence-corrected chi connectivity index (χ1v) is 5.89. The Hall–Kier alpha value is -1.44. The summed E-state index contributed by atoms with van der Waals surface area (Å²) in [5.74, 6) is 0. The second kappa shape index (κ2) is 5.59. The molecule has 1 aromatic heterocycles. The third-order valence-corrected chi connectivity index (χ3v) is 2.84. The van der Waals surface area contributed by atoms with Gasteiger partial charge in [0.25, 0.3) is 0 Å². The Morgan fingerprint density at radius 1 is 1.06 bits per heavy atom. The molecule has 3 heteroatoms. The monoisotopic (exact) mass is 275 g/mol. The second-order valence-electron chi connectivity index (χ2n) is 3.32. The van der Waals surface area contributed by atoms with Gasteiger partial charge in [0.2, 0.25) is 0 Å². The van der Waals surface area contributed by atoms with Gasteiger partial charge in [0.05, 0.1) is 0 Å². The SMILES string of the molecule is [Se]C(=NCc1ccccc1)c1ccccn1. The molecule has 2 nitrogen and oxygen atoms in total. The van der Waals surface area contributed by atoms with E-state index in [2.05, 4.69) is 38.1 Å². The van der Waals surface area contributed by atoms with Crippen molar-refractivity contribution >= 4 is 20.6 Å². The van der Waals surface area contributed by atoms with E-state index in [1.807, 2.05) is 36.4 Å². The van der Waals surface area contributed by atoms with Crippen LogP contribution in [0.1, 0.15) is 11.3 Å². The molecule has 0 spiro atoms. The Labute approximate surface area is 103 Å². The zero-order valence-corrected chi connectivity index (χ0v) is 10.4. The van der Waals surface area contributed by atoms with Crippen molar-refractivity contribution in [3.63, 3.8) is 0 Å². The molecule has 1 heterocycles. The van der Waals surface area contributed by atoms with Crippen molar-refractivity contribution in [2.24, 2.45) is 4.99 Å². The standard InChI is InChI=1S/C13H11N2Se/c16-13(12-8-4-5-9-14-12)15-10-11-6-2-1-3-7-11/h1-9H,10H2. The van der Waals surface area contributed by atoms with E-state index in [-0.39, 0.29) is 0 Å². The first-order chi connectivity index (χ1) is 7.86. The van der Waals surface area contributed by atoms with Crippen molar-refractivity contribution in [1.82, 2.24) is 4.98 Å². The van der Waals surface area contributed by atoms with Gasteiger partial charge in [-0.3, -0.25) is 0 Å². The van der Waals surface area contributed by atoms with Crippen LogP contribution < -0.4 is 0 Å². The van der Waals surface area contributed by atoms with Gasteiger partial charge in [-0.25, -0.2) is 0 Å². The van der Waals surface area contributed by atoms with Crippen molar-refractivity contribution < 1.29 is 0 Å². The van der Waals surface area contributed by atoms with Crippen LogP contribution in [0.15, 0.2) is 59.7 Å². The Kier molecular flexibility index (Phi) is 3.86. The summed E-state index contributed by atoms with van der Waals surface area (Å²) in [4.78, 5) is 8.69. The van der Waals surface area contributed by atoms with Gasteiger partial charge in [0.15, 0.2) is 0 Å². The molecule has 1 aromatic carbocycles. The topological polar surface area (TPSA) is 25.2 Å². The fourth-order valence-corrected chi connectivity index (χ4v) is 1.71. The molecule has 0 amide bonds. The summed E-state index contributed by atoms with van der Waals surface area (Å²) in [5.41, 5.74) is 2.09. The molecule has 0 bridgehead atoms. The van der Waals surface area contributed by atoms with Gasteiger partial charge in [-0.1, -0.05) is 0 Å². The van der Waals surface area contributed by atoms with Gasteiger partial charge in [-0.15, -0.1) is 0 Å². The number of benzene rings is 1. The molecular formula is C13H11N2Se. The Morgan fingerprint density at radius 2 is 1.81 bits per heavy atom. The Morgan fingerprint density at radius 3 is 2.50 bits per heavy atom. The summed E-state index contributed by atoms with van der Waals surface area (Å²) in [6.45, 7) is 0.680. The summed E-state index contributed by atoms with van der Waals surface area (Å²) in [7, 11) is 0. The molecule has 79 valence electrons. The molecule has 2 rings (SSSR count). The van der Waals surface area contributed by atoms with Gasteiger partial charge in [0.1, 0.15) is 0 Å². The van der Waals surface area contributed by atoms with Crippen molar-refractivity contribution in [3.05, 3.63) is 66.0 Å². The van der Waals surface area contributed by atoms with E-state index < -0.39 is 0 Å². The second-order valence-corrected chi connectivity index (χ2v) is 4.13. The molecule has 0 unspecified atom stereocenters. The first-order valence-electron chi connectivity index (χ1n) is 5.03. The Balaban J connectivity index is 2.09. The summed E-state index contributed by atoms with van der Waals surface area (Å²) in [6, 6.07) is 16.0. The fourth-order valence-electron chi connectivity index (χ4n) is 1.32. The number of rotatable bonds is 3. The summed E-state index contributed by atoms with van der Waals surface area (Å²) < 4.78 is 0.851. The molecule has 0 saturated carbocycles. The molecule has 1 radical (unpaired) electrons. The third-order valence-electron chi connectivity index (χ3n) is 2.13. The van der Waals surface area contributed by atoms with E-state index in [1.54, 1.807) is 6.20 Å². The van der Waals surface area contributed by atoms with E-state index in [0.717, 1.165) is 10.3 Å². The zero-order chi connectivity index (χ0) is 11.2. The molecule has 0 atom stereocenters. The van der Waals surface area contributed by atoms with Gasteiger partial charge in [-0.2, -0.15) is 0 Å². The number of hydrogen-bond acceptors (Lipinski definition) is 2. The average molecular weight is 274 g/mol. The maximum atomic E-state index is 4.46. The minimum absolute atomic E-state index is 0.680. The molecule has 0 saturated heterocycles. The van der Waals surface area contributed by atoms with Crippen molar-refractivity contribution in [1.29, 1.82) is 0 Å². The van der Waals surface area contributed by atoms with E-state index in [0.29, 0.717) is 6.54 Å². The molecule has 0 aliphatic carbocycles. The van der Waals surface area contributed by atoms with Gasteiger partial charge in [-0.05, 0) is 0 Å². The van der Waals surface area contributed by atoms with Crippen LogP contribution in [-0.2, 0) is 6.54 Å². The van der Waals surface area contributed by atoms with Crippen LogP contribution in [-0.4, -0.2) is 25.6 Å². The van der Waals surface area contributed by atoms with Crippen LogP contribution in [0, 0.1) is 0 Å². The predicted octanol–water partition coefficient (Wildman–Crippen LogP) is 2.20. The quantitative estimate of drug-likeness (QED) is 0.622. The van der Waals surface area contributed by atoms with Crippen LogP contribution >= 0.6 is 0 Å². The van der Waals surface area contributed by atoms with Gasteiger partial charge >= 0.3 is 103 Å². The van der Waals surface area contributed by atoms with Crippen molar-refractivity contribution in [3.8, 4) is 0 Å². The maximum absolute atomic E-state index is 4.46. The molecule has 16 heavy (non-hydrogen) atoms. The van der Waals surface area contributed by atoms with E-state index in [4.69, 9.17) is 0 Å². The van der Waals surface area contributed by atoms with Crippen molar-refractivity contribution in [2.75, 3.05) is 0 Å². The van der Waals surface area contributed by atoms with Crippen LogP contribution in [0.3, 0.4) is 0 Å². The van der Waals surface area contributed by atoms with Gasteiger partial charge < -0.3 is 0 Å². The van der Waals surface area contributed by atoms with E-state index >= 15 is 0 Å². The normalized spacial score (nSPS) is 11.4. The molecule has 0 aliphatic rings. The molecule has 2 aromatic rings. The summed E-state index contributed by atoms with van der Waals surface area (Å²) in [5, 5.41) is 0. The number of hydrogen-bond donors (Lipinski definition) is 0. The number of pyridine rings is 1. The van der Waals surface area contributed by atoms with E-state index in [1.165, 1.54) is 5.56 Å². The van der Waals surface area contributed by atoms with Crippen LogP contribution in [0.5, 0.6) is 0 Å². The molecule has 0 fully saturated rings. The molecular weight excluding hydrogens is 263 g/mol. The minimum atomic E-state index is 0.680. The molecule has 0 N–H and O–H groups in total. The van der Waals surface area contributed by atoms with Gasteiger partial charge in [0, 0.05) is 0 Å².